The van der Waals surface area contributed by atoms with Crippen molar-refractivity contribution < 1.29 is 0 Å². The number of hydrogen-bond acceptors (Lipinski definition) is 3. The van der Waals surface area contributed by atoms with E-state index in [1.54, 1.807) is 0 Å². The predicted molar refractivity (Wildman–Crippen MR) is 73.2 cm³/mol. The van der Waals surface area contributed by atoms with E-state index in [0.29, 0.717) is 6.04 Å². The van der Waals surface area contributed by atoms with E-state index in [2.05, 4.69) is 63.6 Å². The molecule has 2 unspecified atom stereocenters. The highest BCUT2D eigenvalue weighted by Crippen LogP contribution is 2.35. The van der Waals surface area contributed by atoms with E-state index in [0.717, 1.165) is 6.42 Å². The average molecular weight is 240 g/mol. The Morgan fingerprint density at radius 2 is 2.12 bits per heavy atom. The minimum atomic E-state index is 0.153. The number of aryl methyl sites for hydroxylation is 1. The summed E-state index contributed by atoms with van der Waals surface area (Å²) in [6.45, 7) is 6.79. The molecule has 0 aliphatic carbocycles. The smallest absolute Gasteiger partial charge is 0.0512 e. The van der Waals surface area contributed by atoms with Crippen molar-refractivity contribution in [3.8, 4) is 0 Å². The van der Waals surface area contributed by atoms with E-state index >= 15 is 0 Å². The Balaban J connectivity index is 3.11. The fourth-order valence-corrected chi connectivity index (χ4v) is 3.02. The van der Waals surface area contributed by atoms with Crippen LogP contribution in [0.1, 0.15) is 36.8 Å². The van der Waals surface area contributed by atoms with Crippen molar-refractivity contribution in [3.63, 3.8) is 0 Å². The first-order chi connectivity index (χ1) is 7.47. The molecule has 1 heterocycles. The second kappa shape index (κ2) is 5.30. The fourth-order valence-electron chi connectivity index (χ4n) is 2.27. The zero-order chi connectivity index (χ0) is 12.3. The van der Waals surface area contributed by atoms with E-state index in [4.69, 9.17) is 0 Å². The Morgan fingerprint density at radius 3 is 2.44 bits per heavy atom. The molecule has 1 aromatic rings. The molecule has 0 amide bonds. The van der Waals surface area contributed by atoms with E-state index in [1.807, 2.05) is 11.3 Å². The standard InChI is InChI=1S/C13H24N2S/c1-7-13(3,15(5)6)12(14-4)11-8-9-16-10(11)2/h8-9,12,14H,7H2,1-6H3. The molecule has 3 heteroatoms. The minimum Gasteiger partial charge on any atom is -0.311 e. The number of hydrogen-bond donors (Lipinski definition) is 1. The Kier molecular flexibility index (Phi) is 4.53. The molecule has 0 bridgehead atoms. The van der Waals surface area contributed by atoms with Crippen LogP contribution in [0.25, 0.3) is 0 Å². The minimum absolute atomic E-state index is 0.153. The normalized spacial score (nSPS) is 17.4. The fraction of sp³-hybridized carbons (Fsp3) is 0.692. The van der Waals surface area contributed by atoms with Crippen LogP contribution in [-0.4, -0.2) is 31.6 Å². The van der Waals surface area contributed by atoms with Crippen molar-refractivity contribution in [2.24, 2.45) is 0 Å². The summed E-state index contributed by atoms with van der Waals surface area (Å²) in [6.07, 6.45) is 1.13. The third kappa shape index (κ3) is 2.31. The lowest BCUT2D eigenvalue weighted by Crippen LogP contribution is -2.50. The van der Waals surface area contributed by atoms with Gasteiger partial charge in [-0.15, -0.1) is 11.3 Å². The van der Waals surface area contributed by atoms with Gasteiger partial charge in [-0.05, 0) is 58.4 Å². The molecule has 2 nitrogen and oxygen atoms in total. The molecule has 0 aliphatic rings. The lowest BCUT2D eigenvalue weighted by Gasteiger charge is -2.42. The summed E-state index contributed by atoms with van der Waals surface area (Å²) in [4.78, 5) is 3.74. The molecule has 92 valence electrons. The van der Waals surface area contributed by atoms with Gasteiger partial charge >= 0.3 is 0 Å². The van der Waals surface area contributed by atoms with Gasteiger partial charge in [-0.1, -0.05) is 6.92 Å². The van der Waals surface area contributed by atoms with Crippen LogP contribution in [0.2, 0.25) is 0 Å². The lowest BCUT2D eigenvalue weighted by atomic mass is 9.84. The molecule has 0 saturated heterocycles. The molecular weight excluding hydrogens is 216 g/mol. The maximum Gasteiger partial charge on any atom is 0.0512 e. The first-order valence-electron chi connectivity index (χ1n) is 5.86. The van der Waals surface area contributed by atoms with E-state index in [1.165, 1.54) is 10.4 Å². The molecule has 2 atom stereocenters. The van der Waals surface area contributed by atoms with Gasteiger partial charge in [0.05, 0.1) is 6.04 Å². The van der Waals surface area contributed by atoms with Crippen molar-refractivity contribution in [2.45, 2.75) is 38.8 Å². The topological polar surface area (TPSA) is 15.3 Å². The molecule has 0 fully saturated rings. The van der Waals surface area contributed by atoms with Gasteiger partial charge in [0, 0.05) is 10.4 Å². The van der Waals surface area contributed by atoms with Crippen molar-refractivity contribution in [1.82, 2.24) is 10.2 Å². The molecule has 0 spiro atoms. The second-order valence-corrected chi connectivity index (χ2v) is 5.88. The zero-order valence-corrected chi connectivity index (χ0v) is 12.1. The second-order valence-electron chi connectivity index (χ2n) is 4.76. The quantitative estimate of drug-likeness (QED) is 0.851. The Bertz CT molecular complexity index is 332. The summed E-state index contributed by atoms with van der Waals surface area (Å²) >= 11 is 1.83. The SMILES string of the molecule is CCC(C)(C(NC)c1ccsc1C)N(C)C. The Morgan fingerprint density at radius 1 is 1.50 bits per heavy atom. The number of rotatable bonds is 5. The molecule has 1 rings (SSSR count). The molecule has 16 heavy (non-hydrogen) atoms. The Labute approximate surface area is 104 Å². The summed E-state index contributed by atoms with van der Waals surface area (Å²) in [7, 11) is 6.38. The van der Waals surface area contributed by atoms with E-state index in [9.17, 15) is 0 Å². The third-order valence-electron chi connectivity index (χ3n) is 3.86. The van der Waals surface area contributed by atoms with Gasteiger partial charge in [0.1, 0.15) is 0 Å². The number of likely N-dealkylation sites (N-methyl/N-ethyl adjacent to an activating group) is 2. The molecule has 0 aromatic carbocycles. The van der Waals surface area contributed by atoms with Crippen molar-refractivity contribution in [1.29, 1.82) is 0 Å². The van der Waals surface area contributed by atoms with Gasteiger partial charge in [0.25, 0.3) is 0 Å². The van der Waals surface area contributed by atoms with Gasteiger partial charge < -0.3 is 10.2 Å². The van der Waals surface area contributed by atoms with Crippen LogP contribution in [-0.2, 0) is 0 Å². The molecule has 1 aromatic heterocycles. The summed E-state index contributed by atoms with van der Waals surface area (Å²) in [5.74, 6) is 0. The van der Waals surface area contributed by atoms with E-state index < -0.39 is 0 Å². The highest BCUT2D eigenvalue weighted by molar-refractivity contribution is 7.10. The van der Waals surface area contributed by atoms with Gasteiger partial charge in [0.15, 0.2) is 0 Å². The van der Waals surface area contributed by atoms with Crippen LogP contribution >= 0.6 is 11.3 Å². The first-order valence-corrected chi connectivity index (χ1v) is 6.74. The lowest BCUT2D eigenvalue weighted by molar-refractivity contribution is 0.117. The van der Waals surface area contributed by atoms with Gasteiger partial charge in [-0.3, -0.25) is 0 Å². The van der Waals surface area contributed by atoms with Gasteiger partial charge in [0.2, 0.25) is 0 Å². The van der Waals surface area contributed by atoms with Crippen LogP contribution in [0.4, 0.5) is 0 Å². The van der Waals surface area contributed by atoms with Crippen LogP contribution in [0, 0.1) is 6.92 Å². The summed E-state index contributed by atoms with van der Waals surface area (Å²) in [6, 6.07) is 2.64. The van der Waals surface area contributed by atoms with Crippen LogP contribution in [0.5, 0.6) is 0 Å². The average Bonchev–Trinajstić information content (AvgIpc) is 2.65. The molecule has 0 aliphatic heterocycles. The molecule has 1 N–H and O–H groups in total. The maximum atomic E-state index is 3.48. The number of thiophene rings is 1. The summed E-state index contributed by atoms with van der Waals surface area (Å²) < 4.78 is 0. The maximum absolute atomic E-state index is 3.48. The predicted octanol–water partition coefficient (Wildman–Crippen LogP) is 3.05. The molecular formula is C13H24N2S. The summed E-state index contributed by atoms with van der Waals surface area (Å²) in [5.41, 5.74) is 1.59. The number of nitrogens with zero attached hydrogens (tertiary/aromatic N) is 1. The van der Waals surface area contributed by atoms with Gasteiger partial charge in [-0.2, -0.15) is 0 Å². The van der Waals surface area contributed by atoms with Crippen LogP contribution in [0.3, 0.4) is 0 Å². The van der Waals surface area contributed by atoms with E-state index in [-0.39, 0.29) is 5.54 Å². The van der Waals surface area contributed by atoms with Gasteiger partial charge in [-0.25, -0.2) is 0 Å². The van der Waals surface area contributed by atoms with Crippen LogP contribution in [0.15, 0.2) is 11.4 Å². The van der Waals surface area contributed by atoms with Crippen molar-refractivity contribution in [2.75, 3.05) is 21.1 Å². The largest absolute Gasteiger partial charge is 0.311 e. The molecule has 0 radical (unpaired) electrons. The zero-order valence-electron chi connectivity index (χ0n) is 11.3. The highest BCUT2D eigenvalue weighted by atomic mass is 32.1. The third-order valence-corrected chi connectivity index (χ3v) is 4.72. The van der Waals surface area contributed by atoms with Crippen LogP contribution < -0.4 is 5.32 Å². The van der Waals surface area contributed by atoms with Crippen molar-refractivity contribution in [3.05, 3.63) is 21.9 Å². The monoisotopic (exact) mass is 240 g/mol. The Hall–Kier alpha value is -0.380. The highest BCUT2D eigenvalue weighted by Gasteiger charge is 2.35. The number of nitrogens with one attached hydrogen (secondary N) is 1. The van der Waals surface area contributed by atoms with Crippen molar-refractivity contribution >= 4 is 11.3 Å². The first kappa shape index (κ1) is 13.7. The molecule has 0 saturated carbocycles. The summed E-state index contributed by atoms with van der Waals surface area (Å²) in [5, 5.41) is 5.66.